The number of hydrogen-bond acceptors (Lipinski definition) is 5. The Bertz CT molecular complexity index is 589. The summed E-state index contributed by atoms with van der Waals surface area (Å²) >= 11 is 0. The molecule has 6 heteroatoms. The Kier molecular flexibility index (Phi) is 3.89. The molecule has 0 atom stereocenters. The summed E-state index contributed by atoms with van der Waals surface area (Å²) in [6, 6.07) is 5.08. The van der Waals surface area contributed by atoms with Crippen molar-refractivity contribution in [1.29, 1.82) is 0 Å². The van der Waals surface area contributed by atoms with Gasteiger partial charge in [-0.1, -0.05) is 12.1 Å². The van der Waals surface area contributed by atoms with E-state index >= 15 is 0 Å². The van der Waals surface area contributed by atoms with Crippen LogP contribution in [0.4, 0.5) is 10.3 Å². The molecule has 0 fully saturated rings. The minimum Gasteiger partial charge on any atom is -0.464 e. The average molecular weight is 262 g/mol. The molecular formula is C13H15FN4O. The third-order valence-electron chi connectivity index (χ3n) is 2.54. The van der Waals surface area contributed by atoms with Gasteiger partial charge in [0.05, 0.1) is 6.61 Å². The second-order valence-corrected chi connectivity index (χ2v) is 3.91. The van der Waals surface area contributed by atoms with Crippen molar-refractivity contribution >= 4 is 5.95 Å². The zero-order valence-electron chi connectivity index (χ0n) is 11.1. The Morgan fingerprint density at radius 3 is 2.68 bits per heavy atom. The van der Waals surface area contributed by atoms with E-state index in [1.807, 2.05) is 6.92 Å². The number of hydrogen-bond donors (Lipinski definition) is 1. The van der Waals surface area contributed by atoms with Crippen molar-refractivity contribution in [3.8, 4) is 17.4 Å². The molecule has 0 radical (unpaired) electrons. The highest BCUT2D eigenvalue weighted by atomic mass is 19.1. The number of aromatic nitrogens is 3. The van der Waals surface area contributed by atoms with Gasteiger partial charge in [0, 0.05) is 12.6 Å². The number of nitrogens with zero attached hydrogens (tertiary/aromatic N) is 3. The standard InChI is InChI=1S/C13H15FN4O/c1-4-19-13-17-11(16-12(15-3)18-13)9-6-5-8(2)10(14)7-9/h5-7H,4H2,1-3H3,(H,15,16,17,18). The van der Waals surface area contributed by atoms with E-state index in [4.69, 9.17) is 4.74 Å². The van der Waals surface area contributed by atoms with Crippen LogP contribution >= 0.6 is 0 Å². The predicted molar refractivity (Wildman–Crippen MR) is 70.7 cm³/mol. The van der Waals surface area contributed by atoms with Crippen LogP contribution in [0, 0.1) is 12.7 Å². The second-order valence-electron chi connectivity index (χ2n) is 3.91. The molecule has 1 heterocycles. The van der Waals surface area contributed by atoms with Crippen molar-refractivity contribution in [2.45, 2.75) is 13.8 Å². The molecule has 5 nitrogen and oxygen atoms in total. The molecule has 0 aliphatic carbocycles. The maximum atomic E-state index is 13.6. The van der Waals surface area contributed by atoms with Crippen LogP contribution in [-0.4, -0.2) is 28.6 Å². The summed E-state index contributed by atoms with van der Waals surface area (Å²) in [6.45, 7) is 4.00. The maximum Gasteiger partial charge on any atom is 0.321 e. The molecule has 1 aromatic heterocycles. The first-order valence-electron chi connectivity index (χ1n) is 5.97. The lowest BCUT2D eigenvalue weighted by atomic mass is 10.1. The first-order valence-corrected chi connectivity index (χ1v) is 5.97. The van der Waals surface area contributed by atoms with Crippen LogP contribution in [0.1, 0.15) is 12.5 Å². The highest BCUT2D eigenvalue weighted by molar-refractivity contribution is 5.57. The zero-order chi connectivity index (χ0) is 13.8. The lowest BCUT2D eigenvalue weighted by Gasteiger charge is -2.07. The van der Waals surface area contributed by atoms with E-state index in [9.17, 15) is 4.39 Å². The van der Waals surface area contributed by atoms with Gasteiger partial charge in [-0.15, -0.1) is 0 Å². The first kappa shape index (κ1) is 13.2. The fraction of sp³-hybridized carbons (Fsp3) is 0.308. The van der Waals surface area contributed by atoms with Crippen LogP contribution in [0.25, 0.3) is 11.4 Å². The van der Waals surface area contributed by atoms with Crippen molar-refractivity contribution in [2.75, 3.05) is 19.0 Å². The monoisotopic (exact) mass is 262 g/mol. The average Bonchev–Trinajstić information content (AvgIpc) is 2.42. The Balaban J connectivity index is 2.47. The molecule has 0 aliphatic rings. The fourth-order valence-electron chi connectivity index (χ4n) is 1.52. The topological polar surface area (TPSA) is 59.9 Å². The van der Waals surface area contributed by atoms with Gasteiger partial charge < -0.3 is 10.1 Å². The summed E-state index contributed by atoms with van der Waals surface area (Å²) in [5.41, 5.74) is 1.17. The van der Waals surface area contributed by atoms with E-state index in [1.54, 1.807) is 26.1 Å². The molecule has 1 N–H and O–H groups in total. The smallest absolute Gasteiger partial charge is 0.321 e. The molecule has 0 bridgehead atoms. The SMILES string of the molecule is CCOc1nc(NC)nc(-c2ccc(C)c(F)c2)n1. The van der Waals surface area contributed by atoms with Crippen molar-refractivity contribution in [2.24, 2.45) is 0 Å². The number of halogens is 1. The minimum absolute atomic E-state index is 0.220. The number of ether oxygens (including phenoxy) is 1. The van der Waals surface area contributed by atoms with Crippen molar-refractivity contribution in [3.63, 3.8) is 0 Å². The number of anilines is 1. The Morgan fingerprint density at radius 2 is 2.05 bits per heavy atom. The predicted octanol–water partition coefficient (Wildman–Crippen LogP) is 2.43. The molecule has 0 amide bonds. The van der Waals surface area contributed by atoms with Gasteiger partial charge in [-0.3, -0.25) is 0 Å². The van der Waals surface area contributed by atoms with Crippen molar-refractivity contribution in [3.05, 3.63) is 29.6 Å². The molecule has 0 unspecified atom stereocenters. The van der Waals surface area contributed by atoms with Gasteiger partial charge in [-0.25, -0.2) is 4.39 Å². The molecule has 1 aromatic carbocycles. The lowest BCUT2D eigenvalue weighted by molar-refractivity contribution is 0.312. The highest BCUT2D eigenvalue weighted by Crippen LogP contribution is 2.21. The van der Waals surface area contributed by atoms with Gasteiger partial charge in [-0.05, 0) is 25.5 Å². The van der Waals surface area contributed by atoms with Crippen molar-refractivity contribution in [1.82, 2.24) is 15.0 Å². The van der Waals surface area contributed by atoms with Gasteiger partial charge in [0.15, 0.2) is 5.82 Å². The van der Waals surface area contributed by atoms with E-state index in [0.29, 0.717) is 29.5 Å². The number of rotatable bonds is 4. The summed E-state index contributed by atoms with van der Waals surface area (Å²) in [5.74, 6) is 0.470. The first-order chi connectivity index (χ1) is 9.13. The van der Waals surface area contributed by atoms with Gasteiger partial charge >= 0.3 is 6.01 Å². The van der Waals surface area contributed by atoms with Crippen LogP contribution in [0.5, 0.6) is 6.01 Å². The normalized spacial score (nSPS) is 10.3. The third-order valence-corrected chi connectivity index (χ3v) is 2.54. The Morgan fingerprint density at radius 1 is 1.26 bits per heavy atom. The molecule has 0 saturated carbocycles. The molecule has 2 rings (SSSR count). The third kappa shape index (κ3) is 2.96. The van der Waals surface area contributed by atoms with Gasteiger partial charge in [0.2, 0.25) is 5.95 Å². The van der Waals surface area contributed by atoms with Crippen molar-refractivity contribution < 1.29 is 9.13 Å². The lowest BCUT2D eigenvalue weighted by Crippen LogP contribution is -2.05. The quantitative estimate of drug-likeness (QED) is 0.917. The molecule has 2 aromatic rings. The maximum absolute atomic E-state index is 13.6. The van der Waals surface area contributed by atoms with Crippen LogP contribution in [0.3, 0.4) is 0 Å². The van der Waals surface area contributed by atoms with E-state index in [0.717, 1.165) is 0 Å². The summed E-state index contributed by atoms with van der Waals surface area (Å²) in [4.78, 5) is 12.4. The van der Waals surface area contributed by atoms with Crippen LogP contribution in [-0.2, 0) is 0 Å². The molecule has 0 saturated heterocycles. The zero-order valence-corrected chi connectivity index (χ0v) is 11.1. The number of aryl methyl sites for hydroxylation is 1. The summed E-state index contributed by atoms with van der Waals surface area (Å²) in [5, 5.41) is 2.83. The van der Waals surface area contributed by atoms with E-state index < -0.39 is 0 Å². The summed E-state index contributed by atoms with van der Waals surface area (Å²) in [6.07, 6.45) is 0. The van der Waals surface area contributed by atoms with E-state index in [2.05, 4.69) is 20.3 Å². The van der Waals surface area contributed by atoms with E-state index in [1.165, 1.54) is 6.07 Å². The number of benzene rings is 1. The highest BCUT2D eigenvalue weighted by Gasteiger charge is 2.10. The van der Waals surface area contributed by atoms with Gasteiger partial charge in [0.1, 0.15) is 5.82 Å². The Labute approximate surface area is 110 Å². The van der Waals surface area contributed by atoms with Crippen LogP contribution in [0.15, 0.2) is 18.2 Å². The molecule has 0 spiro atoms. The molecule has 19 heavy (non-hydrogen) atoms. The van der Waals surface area contributed by atoms with E-state index in [-0.39, 0.29) is 11.8 Å². The number of nitrogens with one attached hydrogen (secondary N) is 1. The molecule has 100 valence electrons. The molecule has 0 aliphatic heterocycles. The minimum atomic E-state index is -0.290. The van der Waals surface area contributed by atoms with Crippen LogP contribution in [0.2, 0.25) is 0 Å². The van der Waals surface area contributed by atoms with Gasteiger partial charge in [-0.2, -0.15) is 15.0 Å². The largest absolute Gasteiger partial charge is 0.464 e. The van der Waals surface area contributed by atoms with Gasteiger partial charge in [0.25, 0.3) is 0 Å². The van der Waals surface area contributed by atoms with Crippen LogP contribution < -0.4 is 10.1 Å². The Hall–Kier alpha value is -2.24. The summed E-state index contributed by atoms with van der Waals surface area (Å²) < 4.78 is 18.8. The summed E-state index contributed by atoms with van der Waals surface area (Å²) in [7, 11) is 1.70. The second kappa shape index (κ2) is 5.60. The molecular weight excluding hydrogens is 247 g/mol. The fourth-order valence-corrected chi connectivity index (χ4v) is 1.52.